The molecule has 2 aromatic heterocycles. The zero-order valence-corrected chi connectivity index (χ0v) is 19.0. The number of anilines is 1. The molecule has 5 rings (SSSR count). The number of hydrogen-bond acceptors (Lipinski definition) is 8. The number of thiazole rings is 1. The van der Waals surface area contributed by atoms with Crippen molar-refractivity contribution in [2.45, 2.75) is 18.9 Å². The predicted molar refractivity (Wildman–Crippen MR) is 130 cm³/mol. The van der Waals surface area contributed by atoms with Crippen LogP contribution in [0.2, 0.25) is 0 Å². The van der Waals surface area contributed by atoms with Crippen molar-refractivity contribution in [1.82, 2.24) is 9.97 Å². The van der Waals surface area contributed by atoms with E-state index in [0.717, 1.165) is 16.9 Å². The summed E-state index contributed by atoms with van der Waals surface area (Å²) < 4.78 is 0.505. The smallest absolute Gasteiger partial charge is 0.296 e. The number of aliphatic hydroxyl groups excluding tert-OH is 1. The SMILES string of the molecule is O=C(CCc1ccccc1)C1=C(O)C(=O)N(c2nc3ccc([N+](=O)[O-])cc3s2)C1c1ccccn1. The first kappa shape index (κ1) is 22.4. The first-order chi connectivity index (χ1) is 16.9. The van der Waals surface area contributed by atoms with E-state index in [1.165, 1.54) is 23.1 Å². The second-order valence-electron chi connectivity index (χ2n) is 7.91. The number of Topliss-reactive ketones (excluding diaryl/α,β-unsaturated/α-hetero) is 1. The Morgan fingerprint density at radius 2 is 1.89 bits per heavy atom. The number of pyridine rings is 1. The van der Waals surface area contributed by atoms with Gasteiger partial charge in [-0.25, -0.2) is 4.98 Å². The molecule has 1 amide bonds. The van der Waals surface area contributed by atoms with Gasteiger partial charge in [-0.15, -0.1) is 0 Å². The molecule has 1 N–H and O–H groups in total. The van der Waals surface area contributed by atoms with Crippen LogP contribution in [-0.2, 0) is 16.0 Å². The number of carbonyl (C=O) groups is 2. The van der Waals surface area contributed by atoms with E-state index in [-0.39, 0.29) is 28.6 Å². The Labute approximate surface area is 203 Å². The Bertz CT molecular complexity index is 1480. The van der Waals surface area contributed by atoms with E-state index in [2.05, 4.69) is 9.97 Å². The maximum atomic E-state index is 13.3. The van der Waals surface area contributed by atoms with E-state index in [1.807, 2.05) is 30.3 Å². The largest absolute Gasteiger partial charge is 0.503 e. The Hall–Kier alpha value is -4.44. The molecule has 2 aromatic carbocycles. The molecule has 9 nitrogen and oxygen atoms in total. The minimum atomic E-state index is -0.970. The van der Waals surface area contributed by atoms with Crippen LogP contribution in [0.25, 0.3) is 10.2 Å². The number of aryl methyl sites for hydroxylation is 1. The maximum Gasteiger partial charge on any atom is 0.296 e. The van der Waals surface area contributed by atoms with Gasteiger partial charge < -0.3 is 5.11 Å². The van der Waals surface area contributed by atoms with E-state index < -0.39 is 22.6 Å². The minimum absolute atomic E-state index is 0.0325. The van der Waals surface area contributed by atoms with Gasteiger partial charge in [0.2, 0.25) is 0 Å². The van der Waals surface area contributed by atoms with Crippen molar-refractivity contribution in [1.29, 1.82) is 0 Å². The second-order valence-corrected chi connectivity index (χ2v) is 8.92. The fraction of sp³-hybridized carbons (Fsp3) is 0.120. The van der Waals surface area contributed by atoms with E-state index >= 15 is 0 Å². The maximum absolute atomic E-state index is 13.3. The molecule has 10 heteroatoms. The summed E-state index contributed by atoms with van der Waals surface area (Å²) in [6.45, 7) is 0. The summed E-state index contributed by atoms with van der Waals surface area (Å²) in [5.41, 5.74) is 1.70. The average Bonchev–Trinajstić information content (AvgIpc) is 3.41. The summed E-state index contributed by atoms with van der Waals surface area (Å²) in [6.07, 6.45) is 2.09. The molecule has 0 radical (unpaired) electrons. The number of aliphatic hydroxyl groups is 1. The van der Waals surface area contributed by atoms with Crippen molar-refractivity contribution in [2.75, 3.05) is 4.90 Å². The molecular weight excluding hydrogens is 468 g/mol. The minimum Gasteiger partial charge on any atom is -0.503 e. The van der Waals surface area contributed by atoms with Gasteiger partial charge in [-0.05, 0) is 30.2 Å². The third-order valence-electron chi connectivity index (χ3n) is 5.74. The number of ketones is 1. The van der Waals surface area contributed by atoms with Gasteiger partial charge in [-0.1, -0.05) is 47.7 Å². The summed E-state index contributed by atoms with van der Waals surface area (Å²) in [6, 6.07) is 17.8. The lowest BCUT2D eigenvalue weighted by atomic mass is 9.96. The van der Waals surface area contributed by atoms with Crippen LogP contribution in [0.15, 0.2) is 84.3 Å². The lowest BCUT2D eigenvalue weighted by Crippen LogP contribution is -2.31. The molecular formula is C25H18N4O5S. The lowest BCUT2D eigenvalue weighted by Gasteiger charge is -2.23. The predicted octanol–water partition coefficient (Wildman–Crippen LogP) is 4.70. The highest BCUT2D eigenvalue weighted by atomic mass is 32.1. The zero-order valence-electron chi connectivity index (χ0n) is 18.2. The number of benzene rings is 2. The number of carbonyl (C=O) groups excluding carboxylic acids is 2. The second kappa shape index (κ2) is 9.07. The zero-order chi connectivity index (χ0) is 24.5. The van der Waals surface area contributed by atoms with Gasteiger partial charge >= 0.3 is 0 Å². The number of nitrogens with zero attached hydrogens (tertiary/aromatic N) is 4. The third-order valence-corrected chi connectivity index (χ3v) is 6.76. The van der Waals surface area contributed by atoms with E-state index in [9.17, 15) is 24.8 Å². The van der Waals surface area contributed by atoms with E-state index in [0.29, 0.717) is 22.3 Å². The van der Waals surface area contributed by atoms with Crippen molar-refractivity contribution >= 4 is 44.1 Å². The van der Waals surface area contributed by atoms with Gasteiger partial charge in [-0.3, -0.25) is 29.6 Å². The lowest BCUT2D eigenvalue weighted by molar-refractivity contribution is -0.384. The Morgan fingerprint density at radius 3 is 2.60 bits per heavy atom. The molecule has 0 saturated carbocycles. The van der Waals surface area contributed by atoms with Gasteiger partial charge in [0.05, 0.1) is 26.4 Å². The number of non-ortho nitro benzene ring substituents is 1. The molecule has 1 aliphatic rings. The van der Waals surface area contributed by atoms with Crippen molar-refractivity contribution < 1.29 is 19.6 Å². The summed E-state index contributed by atoms with van der Waals surface area (Å²) in [4.78, 5) is 47.2. The normalized spacial score (nSPS) is 15.7. The first-order valence-corrected chi connectivity index (χ1v) is 11.6. The van der Waals surface area contributed by atoms with Crippen LogP contribution in [0.1, 0.15) is 23.7 Å². The number of nitro benzene ring substituents is 1. The fourth-order valence-electron chi connectivity index (χ4n) is 4.06. The molecule has 0 bridgehead atoms. The molecule has 0 fully saturated rings. The monoisotopic (exact) mass is 486 g/mol. The summed E-state index contributed by atoms with van der Waals surface area (Å²) in [5.74, 6) is -1.77. The quantitative estimate of drug-likeness (QED) is 0.296. The topological polar surface area (TPSA) is 127 Å². The molecule has 35 heavy (non-hydrogen) atoms. The standard InChI is InChI=1S/C25H18N4O5S/c30-19(12-9-15-6-2-1-3-7-15)21-22(18-8-4-5-13-26-18)28(24(32)23(21)31)25-27-17-11-10-16(29(33)34)14-20(17)35-25/h1-8,10-11,13-14,22,31H,9,12H2. The van der Waals surface area contributed by atoms with Gasteiger partial charge in [0.1, 0.15) is 6.04 Å². The molecule has 174 valence electrons. The summed E-state index contributed by atoms with van der Waals surface area (Å²) >= 11 is 1.07. The molecule has 1 atom stereocenters. The van der Waals surface area contributed by atoms with Crippen LogP contribution in [0.4, 0.5) is 10.8 Å². The summed E-state index contributed by atoms with van der Waals surface area (Å²) in [5, 5.41) is 22.2. The van der Waals surface area contributed by atoms with Gasteiger partial charge in [-0.2, -0.15) is 0 Å². The molecule has 1 unspecified atom stereocenters. The molecule has 0 saturated heterocycles. The van der Waals surface area contributed by atoms with Crippen molar-refractivity contribution in [3.63, 3.8) is 0 Å². The number of fused-ring (bicyclic) bond motifs is 1. The van der Waals surface area contributed by atoms with E-state index in [1.54, 1.807) is 24.4 Å². The van der Waals surface area contributed by atoms with Crippen LogP contribution in [0, 0.1) is 10.1 Å². The Kier molecular flexibility index (Phi) is 5.79. The van der Waals surface area contributed by atoms with Gasteiger partial charge in [0, 0.05) is 24.8 Å². The number of aromatic nitrogens is 2. The number of hydrogen-bond donors (Lipinski definition) is 1. The van der Waals surface area contributed by atoms with Crippen molar-refractivity contribution in [3.05, 3.63) is 106 Å². The van der Waals surface area contributed by atoms with Crippen molar-refractivity contribution in [2.24, 2.45) is 0 Å². The number of rotatable bonds is 7. The fourth-order valence-corrected chi connectivity index (χ4v) is 5.09. The summed E-state index contributed by atoms with van der Waals surface area (Å²) in [7, 11) is 0. The van der Waals surface area contributed by atoms with Crippen LogP contribution < -0.4 is 4.90 Å². The van der Waals surface area contributed by atoms with Crippen LogP contribution in [0.5, 0.6) is 0 Å². The number of nitro groups is 1. The Morgan fingerprint density at radius 1 is 1.11 bits per heavy atom. The van der Waals surface area contributed by atoms with Crippen LogP contribution in [-0.4, -0.2) is 31.7 Å². The molecule has 4 aromatic rings. The molecule has 0 spiro atoms. The highest BCUT2D eigenvalue weighted by Crippen LogP contribution is 2.43. The molecule has 1 aliphatic heterocycles. The third kappa shape index (κ3) is 4.15. The van der Waals surface area contributed by atoms with Gasteiger partial charge in [0.25, 0.3) is 11.6 Å². The molecule has 0 aliphatic carbocycles. The number of amides is 1. The van der Waals surface area contributed by atoms with Gasteiger partial charge in [0.15, 0.2) is 16.7 Å². The first-order valence-electron chi connectivity index (χ1n) is 10.7. The van der Waals surface area contributed by atoms with Crippen molar-refractivity contribution in [3.8, 4) is 0 Å². The average molecular weight is 487 g/mol. The van der Waals surface area contributed by atoms with Crippen LogP contribution >= 0.6 is 11.3 Å². The highest BCUT2D eigenvalue weighted by Gasteiger charge is 2.46. The highest BCUT2D eigenvalue weighted by molar-refractivity contribution is 7.22. The van der Waals surface area contributed by atoms with E-state index in [4.69, 9.17) is 0 Å². The molecule has 3 heterocycles. The van der Waals surface area contributed by atoms with Crippen LogP contribution in [0.3, 0.4) is 0 Å². The Balaban J connectivity index is 1.54.